The molecule has 2 aliphatic rings. The summed E-state index contributed by atoms with van der Waals surface area (Å²) in [5, 5.41) is 0. The molecule has 2 fully saturated rings. The van der Waals surface area contributed by atoms with E-state index >= 15 is 0 Å². The van der Waals surface area contributed by atoms with E-state index in [4.69, 9.17) is 10.6 Å². The number of rotatable bonds is 6. The number of hydrogen-bond donors (Lipinski definition) is 2. The molecule has 0 aliphatic carbocycles. The number of nitrogens with zero attached hydrogens (tertiary/aromatic N) is 5. The van der Waals surface area contributed by atoms with Gasteiger partial charge in [0.1, 0.15) is 0 Å². The Hall–Kier alpha value is -3.04. The number of likely N-dealkylation sites (tertiary alicyclic amines) is 2. The van der Waals surface area contributed by atoms with Crippen LogP contribution in [0.3, 0.4) is 0 Å². The smallest absolute Gasteiger partial charge is 0.225 e. The Labute approximate surface area is 188 Å². The molecule has 4 heterocycles. The predicted octanol–water partition coefficient (Wildman–Crippen LogP) is 1.85. The lowest BCUT2D eigenvalue weighted by molar-refractivity contribution is -0.137. The number of nitrogens with one attached hydrogen (secondary N) is 1. The summed E-state index contributed by atoms with van der Waals surface area (Å²) in [4.78, 5) is 35.3. The number of nitrogen functional groups attached to an aromatic ring is 1. The summed E-state index contributed by atoms with van der Waals surface area (Å²) in [5.74, 6) is 0.688. The third-order valence-corrected chi connectivity index (χ3v) is 6.23. The quantitative estimate of drug-likeness (QED) is 0.659. The highest BCUT2D eigenvalue weighted by Crippen LogP contribution is 2.27. The molecule has 0 aromatic carbocycles. The number of piperidine rings is 2. The largest absolute Gasteiger partial charge is 0.368 e. The Balaban J connectivity index is 1.29. The van der Waals surface area contributed by atoms with E-state index in [1.807, 2.05) is 23.1 Å². The highest BCUT2D eigenvalue weighted by atomic mass is 16.6. The van der Waals surface area contributed by atoms with Crippen molar-refractivity contribution in [2.24, 2.45) is 5.92 Å². The Kier molecular flexibility index (Phi) is 7.28. The monoisotopic (exact) mass is 437 g/mol. The van der Waals surface area contributed by atoms with Gasteiger partial charge in [-0.05, 0) is 56.5 Å². The topological polar surface area (TPSA) is 110 Å². The molecule has 2 aromatic heterocycles. The molecule has 0 spiro atoms. The van der Waals surface area contributed by atoms with Crippen LogP contribution in [-0.2, 0) is 16.2 Å². The van der Waals surface area contributed by atoms with E-state index in [1.54, 1.807) is 25.7 Å². The normalized spacial score (nSPS) is 17.9. The van der Waals surface area contributed by atoms with Gasteiger partial charge in [0.2, 0.25) is 11.9 Å². The summed E-state index contributed by atoms with van der Waals surface area (Å²) in [6.07, 6.45) is 8.75. The maximum absolute atomic E-state index is 13.1. The molecule has 4 rings (SSSR count). The first-order valence-electron chi connectivity index (χ1n) is 11.1. The molecular formula is C23H31N7O2. The van der Waals surface area contributed by atoms with Crippen LogP contribution in [0.1, 0.15) is 36.9 Å². The molecule has 9 nitrogen and oxygen atoms in total. The Bertz CT molecular complexity index is 915. The van der Waals surface area contributed by atoms with Crippen molar-refractivity contribution in [2.45, 2.75) is 32.2 Å². The minimum absolute atomic E-state index is 0.104. The minimum Gasteiger partial charge on any atom is -0.368 e. The number of hydroxylamine groups is 1. The first kappa shape index (κ1) is 22.2. The van der Waals surface area contributed by atoms with Crippen molar-refractivity contribution in [3.63, 3.8) is 0 Å². The Morgan fingerprint density at radius 3 is 2.47 bits per heavy atom. The molecule has 0 bridgehead atoms. The first-order chi connectivity index (χ1) is 15.6. The number of nitrogens with two attached hydrogens (primary N) is 1. The number of carbonyl (C=O) groups is 1. The van der Waals surface area contributed by atoms with Gasteiger partial charge in [-0.2, -0.15) is 0 Å². The second-order valence-corrected chi connectivity index (χ2v) is 8.32. The van der Waals surface area contributed by atoms with Gasteiger partial charge in [-0.1, -0.05) is 6.07 Å². The van der Waals surface area contributed by atoms with E-state index < -0.39 is 0 Å². The van der Waals surface area contributed by atoms with Crippen molar-refractivity contribution >= 4 is 17.6 Å². The molecule has 0 radical (unpaired) electrons. The fraction of sp³-hybridized carbons (Fsp3) is 0.478. The number of amides is 1. The molecule has 0 unspecified atom stereocenters. The lowest BCUT2D eigenvalue weighted by Gasteiger charge is -2.36. The van der Waals surface area contributed by atoms with Crippen molar-refractivity contribution in [1.82, 2.24) is 30.2 Å². The van der Waals surface area contributed by atoms with Crippen molar-refractivity contribution in [2.75, 3.05) is 39.0 Å². The van der Waals surface area contributed by atoms with Gasteiger partial charge in [-0.15, -0.1) is 0 Å². The predicted molar refractivity (Wildman–Crippen MR) is 122 cm³/mol. The van der Waals surface area contributed by atoms with Gasteiger partial charge in [0.15, 0.2) is 0 Å². The lowest BCUT2D eigenvalue weighted by atomic mass is 9.93. The van der Waals surface area contributed by atoms with Crippen molar-refractivity contribution in [1.29, 1.82) is 0 Å². The second-order valence-electron chi connectivity index (χ2n) is 8.32. The third kappa shape index (κ3) is 5.41. The SMILES string of the molecule is CONC(=C1CCN(C(=O)C2CCN(Cc3cnc(N)nc3)CC2)CC1)c1ccccn1. The molecule has 0 saturated carbocycles. The molecule has 2 aliphatic heterocycles. The van der Waals surface area contributed by atoms with Crippen molar-refractivity contribution in [3.05, 3.63) is 53.6 Å². The number of carbonyl (C=O) groups excluding carboxylic acids is 1. The van der Waals surface area contributed by atoms with Gasteiger partial charge in [0, 0.05) is 49.7 Å². The molecule has 2 saturated heterocycles. The van der Waals surface area contributed by atoms with Gasteiger partial charge in [-0.3, -0.25) is 25.0 Å². The zero-order valence-electron chi connectivity index (χ0n) is 18.5. The van der Waals surface area contributed by atoms with Crippen LogP contribution in [0.25, 0.3) is 5.70 Å². The van der Waals surface area contributed by atoms with E-state index in [2.05, 4.69) is 25.3 Å². The van der Waals surface area contributed by atoms with Crippen LogP contribution < -0.4 is 11.2 Å². The minimum atomic E-state index is 0.104. The number of anilines is 1. The van der Waals surface area contributed by atoms with Crippen LogP contribution in [0, 0.1) is 5.92 Å². The molecular weight excluding hydrogens is 406 g/mol. The Morgan fingerprint density at radius 1 is 1.12 bits per heavy atom. The fourth-order valence-electron chi connectivity index (χ4n) is 4.47. The van der Waals surface area contributed by atoms with E-state index in [9.17, 15) is 4.79 Å². The molecule has 1 amide bonds. The van der Waals surface area contributed by atoms with Gasteiger partial charge in [0.25, 0.3) is 0 Å². The zero-order chi connectivity index (χ0) is 22.3. The summed E-state index contributed by atoms with van der Waals surface area (Å²) in [6.45, 7) is 4.07. The molecule has 170 valence electrons. The van der Waals surface area contributed by atoms with Gasteiger partial charge >= 0.3 is 0 Å². The van der Waals surface area contributed by atoms with Crippen LogP contribution in [0.4, 0.5) is 5.95 Å². The molecule has 3 N–H and O–H groups in total. The van der Waals surface area contributed by atoms with E-state index in [0.717, 1.165) is 75.4 Å². The van der Waals surface area contributed by atoms with Crippen LogP contribution in [-0.4, -0.2) is 63.9 Å². The van der Waals surface area contributed by atoms with Crippen molar-refractivity contribution in [3.8, 4) is 0 Å². The highest BCUT2D eigenvalue weighted by molar-refractivity contribution is 5.79. The summed E-state index contributed by atoms with van der Waals surface area (Å²) in [5.41, 5.74) is 12.6. The van der Waals surface area contributed by atoms with Crippen LogP contribution in [0.15, 0.2) is 42.4 Å². The third-order valence-electron chi connectivity index (χ3n) is 6.23. The maximum Gasteiger partial charge on any atom is 0.225 e. The fourth-order valence-corrected chi connectivity index (χ4v) is 4.47. The van der Waals surface area contributed by atoms with Crippen molar-refractivity contribution < 1.29 is 9.63 Å². The summed E-state index contributed by atoms with van der Waals surface area (Å²) in [7, 11) is 1.61. The van der Waals surface area contributed by atoms with Crippen LogP contribution in [0.5, 0.6) is 0 Å². The molecule has 2 aromatic rings. The summed E-state index contributed by atoms with van der Waals surface area (Å²) >= 11 is 0. The number of hydrogen-bond acceptors (Lipinski definition) is 8. The standard InChI is InChI=1S/C23H31N7O2/c1-32-28-21(20-4-2-3-9-25-20)18-7-12-30(13-8-18)22(31)19-5-10-29(11-6-19)16-17-14-26-23(24)27-15-17/h2-4,9,14-15,19,28H,5-8,10-13,16H2,1H3,(H2,24,26,27). The first-order valence-corrected chi connectivity index (χ1v) is 11.1. The second kappa shape index (κ2) is 10.5. The lowest BCUT2D eigenvalue weighted by Crippen LogP contribution is -2.44. The zero-order valence-corrected chi connectivity index (χ0v) is 18.5. The summed E-state index contributed by atoms with van der Waals surface area (Å²) < 4.78 is 0. The average Bonchev–Trinajstić information content (AvgIpc) is 2.85. The van der Waals surface area contributed by atoms with Gasteiger partial charge in [-0.25, -0.2) is 9.97 Å². The van der Waals surface area contributed by atoms with E-state index in [-0.39, 0.29) is 5.92 Å². The highest BCUT2D eigenvalue weighted by Gasteiger charge is 2.30. The van der Waals surface area contributed by atoms with Gasteiger partial charge < -0.3 is 10.6 Å². The van der Waals surface area contributed by atoms with Crippen LogP contribution in [0.2, 0.25) is 0 Å². The maximum atomic E-state index is 13.1. The van der Waals surface area contributed by atoms with Gasteiger partial charge in [0.05, 0.1) is 18.5 Å². The number of pyridine rings is 1. The Morgan fingerprint density at radius 2 is 1.84 bits per heavy atom. The average molecular weight is 438 g/mol. The summed E-state index contributed by atoms with van der Waals surface area (Å²) in [6, 6.07) is 5.83. The molecule has 32 heavy (non-hydrogen) atoms. The van der Waals surface area contributed by atoms with E-state index in [1.165, 1.54) is 5.57 Å². The van der Waals surface area contributed by atoms with Crippen LogP contribution >= 0.6 is 0 Å². The molecule has 9 heteroatoms. The molecule has 0 atom stereocenters. The van der Waals surface area contributed by atoms with E-state index in [0.29, 0.717) is 11.9 Å². The number of aromatic nitrogens is 3.